The van der Waals surface area contributed by atoms with Gasteiger partial charge >= 0.3 is 0 Å². The van der Waals surface area contributed by atoms with Crippen molar-refractivity contribution in [2.45, 2.75) is 6.92 Å². The molecule has 2 rings (SSSR count). The van der Waals surface area contributed by atoms with Crippen LogP contribution < -0.4 is 10.5 Å². The average Bonchev–Trinajstić information content (AvgIpc) is 2.38. The number of benzene rings is 1. The van der Waals surface area contributed by atoms with E-state index in [4.69, 9.17) is 34.3 Å². The number of methoxy groups -OCH3 is 1. The molecule has 98 valence electrons. The first-order valence-corrected chi connectivity index (χ1v) is 6.43. The van der Waals surface area contributed by atoms with Gasteiger partial charge in [0.1, 0.15) is 10.7 Å². The summed E-state index contributed by atoms with van der Waals surface area (Å²) in [7, 11) is 1.58. The third-order valence-corrected chi connectivity index (χ3v) is 3.31. The van der Waals surface area contributed by atoms with Gasteiger partial charge in [0.05, 0.1) is 17.8 Å². The second-order valence-corrected chi connectivity index (χ2v) is 4.89. The number of hydrogen-bond donors (Lipinski definition) is 1. The van der Waals surface area contributed by atoms with Gasteiger partial charge in [-0.2, -0.15) is 0 Å². The fourth-order valence-electron chi connectivity index (χ4n) is 1.81. The summed E-state index contributed by atoms with van der Waals surface area (Å²) in [6.07, 6.45) is 0. The van der Waals surface area contributed by atoms with E-state index in [0.29, 0.717) is 15.8 Å². The number of thiocarbonyl (C=S) groups is 1. The van der Waals surface area contributed by atoms with Crippen molar-refractivity contribution >= 4 is 28.8 Å². The lowest BCUT2D eigenvalue weighted by Gasteiger charge is -2.08. The Balaban J connectivity index is 2.45. The largest absolute Gasteiger partial charge is 0.495 e. The van der Waals surface area contributed by atoms with E-state index in [1.165, 1.54) is 0 Å². The van der Waals surface area contributed by atoms with Crippen molar-refractivity contribution in [1.82, 2.24) is 4.98 Å². The van der Waals surface area contributed by atoms with Gasteiger partial charge in [-0.1, -0.05) is 23.8 Å². The maximum atomic E-state index is 6.11. The third-order valence-electron chi connectivity index (χ3n) is 2.80. The first kappa shape index (κ1) is 13.8. The van der Waals surface area contributed by atoms with Crippen LogP contribution in [0.15, 0.2) is 30.3 Å². The highest BCUT2D eigenvalue weighted by Gasteiger charge is 2.08. The lowest BCUT2D eigenvalue weighted by molar-refractivity contribution is 0.415. The number of aromatic nitrogens is 1. The van der Waals surface area contributed by atoms with Crippen LogP contribution in [0.3, 0.4) is 0 Å². The molecule has 0 aliphatic carbocycles. The summed E-state index contributed by atoms with van der Waals surface area (Å²) in [6, 6.07) is 9.30. The van der Waals surface area contributed by atoms with Crippen LogP contribution in [0.25, 0.3) is 11.3 Å². The predicted molar refractivity (Wildman–Crippen MR) is 81.9 cm³/mol. The average molecular weight is 293 g/mol. The van der Waals surface area contributed by atoms with Crippen LogP contribution in [-0.2, 0) is 0 Å². The molecule has 0 atom stereocenters. The molecule has 5 heteroatoms. The molecular formula is C14H13ClN2OS. The minimum absolute atomic E-state index is 0.351. The SMILES string of the molecule is COc1ccc(-c2ccc(C(N)=S)c(C)n2)cc1Cl. The van der Waals surface area contributed by atoms with Crippen molar-refractivity contribution in [3.8, 4) is 17.0 Å². The Labute approximate surface area is 122 Å². The van der Waals surface area contributed by atoms with E-state index in [1.807, 2.05) is 37.3 Å². The lowest BCUT2D eigenvalue weighted by Crippen LogP contribution is -2.12. The van der Waals surface area contributed by atoms with E-state index in [2.05, 4.69) is 4.98 Å². The first-order chi connectivity index (χ1) is 9.02. The van der Waals surface area contributed by atoms with Gasteiger partial charge in [-0.25, -0.2) is 0 Å². The lowest BCUT2D eigenvalue weighted by atomic mass is 10.1. The highest BCUT2D eigenvalue weighted by Crippen LogP contribution is 2.29. The molecule has 19 heavy (non-hydrogen) atoms. The van der Waals surface area contributed by atoms with Crippen LogP contribution in [0.1, 0.15) is 11.3 Å². The van der Waals surface area contributed by atoms with Crippen LogP contribution in [-0.4, -0.2) is 17.1 Å². The molecule has 1 aromatic heterocycles. The van der Waals surface area contributed by atoms with Crippen molar-refractivity contribution in [2.75, 3.05) is 7.11 Å². The summed E-state index contributed by atoms with van der Waals surface area (Å²) in [4.78, 5) is 4.85. The summed E-state index contributed by atoms with van der Waals surface area (Å²) < 4.78 is 5.12. The van der Waals surface area contributed by atoms with Crippen LogP contribution in [0, 0.1) is 6.92 Å². The molecule has 0 spiro atoms. The highest BCUT2D eigenvalue weighted by atomic mass is 35.5. The number of ether oxygens (including phenoxy) is 1. The molecule has 0 amide bonds. The Hall–Kier alpha value is -1.65. The summed E-state index contributed by atoms with van der Waals surface area (Å²) in [5.74, 6) is 0.641. The molecule has 0 radical (unpaired) electrons. The molecule has 2 N–H and O–H groups in total. The van der Waals surface area contributed by atoms with Crippen molar-refractivity contribution < 1.29 is 4.74 Å². The number of rotatable bonds is 3. The van der Waals surface area contributed by atoms with E-state index in [9.17, 15) is 0 Å². The standard InChI is InChI=1S/C14H13ClN2OS/c1-8-10(14(16)19)4-5-12(17-8)9-3-6-13(18-2)11(15)7-9/h3-7H,1-2H3,(H2,16,19). The monoisotopic (exact) mass is 292 g/mol. The van der Waals surface area contributed by atoms with Gasteiger partial charge in [0.2, 0.25) is 0 Å². The number of halogens is 1. The smallest absolute Gasteiger partial charge is 0.137 e. The molecule has 0 bridgehead atoms. The van der Waals surface area contributed by atoms with Gasteiger partial charge in [-0.15, -0.1) is 0 Å². The van der Waals surface area contributed by atoms with Gasteiger partial charge in [0, 0.05) is 16.8 Å². The third kappa shape index (κ3) is 2.85. The number of aryl methyl sites for hydroxylation is 1. The fraction of sp³-hybridized carbons (Fsp3) is 0.143. The normalized spacial score (nSPS) is 10.3. The maximum absolute atomic E-state index is 6.11. The van der Waals surface area contributed by atoms with Gasteiger partial charge in [-0.05, 0) is 37.3 Å². The maximum Gasteiger partial charge on any atom is 0.137 e. The van der Waals surface area contributed by atoms with E-state index >= 15 is 0 Å². The number of pyridine rings is 1. The molecule has 0 fully saturated rings. The van der Waals surface area contributed by atoms with Crippen molar-refractivity contribution in [2.24, 2.45) is 5.73 Å². The van der Waals surface area contributed by atoms with E-state index < -0.39 is 0 Å². The summed E-state index contributed by atoms with van der Waals surface area (Å²) in [6.45, 7) is 1.88. The summed E-state index contributed by atoms with van der Waals surface area (Å²) in [5.41, 5.74) is 8.95. The molecule has 3 nitrogen and oxygen atoms in total. The van der Waals surface area contributed by atoms with Crippen molar-refractivity contribution in [3.05, 3.63) is 46.6 Å². The minimum atomic E-state index is 0.351. The molecular weight excluding hydrogens is 280 g/mol. The Bertz CT molecular complexity index is 643. The Morgan fingerprint density at radius 1 is 1.32 bits per heavy atom. The molecule has 0 aliphatic heterocycles. The quantitative estimate of drug-likeness (QED) is 0.881. The Morgan fingerprint density at radius 2 is 2.05 bits per heavy atom. The minimum Gasteiger partial charge on any atom is -0.495 e. The molecule has 0 saturated carbocycles. The van der Waals surface area contributed by atoms with Gasteiger partial charge in [-0.3, -0.25) is 4.98 Å². The van der Waals surface area contributed by atoms with Crippen molar-refractivity contribution in [1.29, 1.82) is 0 Å². The Kier molecular flexibility index (Phi) is 4.02. The summed E-state index contributed by atoms with van der Waals surface area (Å²) >= 11 is 11.1. The Morgan fingerprint density at radius 3 is 2.58 bits per heavy atom. The van der Waals surface area contributed by atoms with Crippen molar-refractivity contribution in [3.63, 3.8) is 0 Å². The fourth-order valence-corrected chi connectivity index (χ4v) is 2.28. The van der Waals surface area contributed by atoms with Crippen LogP contribution >= 0.6 is 23.8 Å². The molecule has 1 aromatic carbocycles. The first-order valence-electron chi connectivity index (χ1n) is 5.64. The van der Waals surface area contributed by atoms with E-state index in [1.54, 1.807) is 7.11 Å². The zero-order valence-electron chi connectivity index (χ0n) is 10.6. The molecule has 1 heterocycles. The van der Waals surface area contributed by atoms with Crippen LogP contribution in [0.5, 0.6) is 5.75 Å². The second kappa shape index (κ2) is 5.55. The topological polar surface area (TPSA) is 48.1 Å². The molecule has 0 saturated heterocycles. The van der Waals surface area contributed by atoms with Gasteiger partial charge in [0.25, 0.3) is 0 Å². The second-order valence-electron chi connectivity index (χ2n) is 4.04. The molecule has 0 unspecified atom stereocenters. The van der Waals surface area contributed by atoms with Gasteiger partial charge < -0.3 is 10.5 Å². The van der Waals surface area contributed by atoms with Gasteiger partial charge in [0.15, 0.2) is 0 Å². The zero-order chi connectivity index (χ0) is 14.0. The zero-order valence-corrected chi connectivity index (χ0v) is 12.2. The number of nitrogens with zero attached hydrogens (tertiary/aromatic N) is 1. The number of hydrogen-bond acceptors (Lipinski definition) is 3. The molecule has 0 aliphatic rings. The van der Waals surface area contributed by atoms with E-state index in [-0.39, 0.29) is 0 Å². The van der Waals surface area contributed by atoms with E-state index in [0.717, 1.165) is 22.5 Å². The molecule has 2 aromatic rings. The van der Waals surface area contributed by atoms with Crippen LogP contribution in [0.2, 0.25) is 5.02 Å². The van der Waals surface area contributed by atoms with Crippen LogP contribution in [0.4, 0.5) is 0 Å². The summed E-state index contributed by atoms with van der Waals surface area (Å²) in [5, 5.41) is 0.554. The predicted octanol–water partition coefficient (Wildman–Crippen LogP) is 3.35. The highest BCUT2D eigenvalue weighted by molar-refractivity contribution is 7.80. The number of nitrogens with two attached hydrogens (primary N) is 1.